The molecule has 0 amide bonds. The smallest absolute Gasteiger partial charge is 0.0556 e. The van der Waals surface area contributed by atoms with Crippen LogP contribution in [0.3, 0.4) is 0 Å². The van der Waals surface area contributed by atoms with Crippen molar-refractivity contribution in [1.29, 1.82) is 0 Å². The van der Waals surface area contributed by atoms with E-state index in [-0.39, 0.29) is 5.54 Å². The number of hydrogen-bond acceptors (Lipinski definition) is 3. The molecule has 0 saturated carbocycles. The summed E-state index contributed by atoms with van der Waals surface area (Å²) >= 11 is 1.86. The third-order valence-electron chi connectivity index (χ3n) is 1.19. The summed E-state index contributed by atoms with van der Waals surface area (Å²) in [6, 6.07) is 0. The number of rotatable bonds is 7. The molecule has 0 aliphatic rings. The van der Waals surface area contributed by atoms with Gasteiger partial charge in [0.15, 0.2) is 0 Å². The first-order valence-electron chi connectivity index (χ1n) is 4.50. The average Bonchev–Trinajstić information content (AvgIpc) is 1.94. The van der Waals surface area contributed by atoms with Crippen molar-refractivity contribution >= 4 is 11.8 Å². The minimum atomic E-state index is -0.0462. The minimum absolute atomic E-state index is 0.0462. The van der Waals surface area contributed by atoms with Crippen LogP contribution in [0.15, 0.2) is 0 Å². The van der Waals surface area contributed by atoms with E-state index >= 15 is 0 Å². The molecule has 0 aliphatic heterocycles. The molecule has 0 atom stereocenters. The zero-order valence-corrected chi connectivity index (χ0v) is 9.25. The summed E-state index contributed by atoms with van der Waals surface area (Å²) in [6.07, 6.45) is 1.10. The lowest BCUT2D eigenvalue weighted by molar-refractivity contribution is 0.151. The zero-order valence-electron chi connectivity index (χ0n) is 8.43. The Balaban J connectivity index is 3.01. The van der Waals surface area contributed by atoms with Crippen LogP contribution in [0.5, 0.6) is 0 Å². The molecule has 12 heavy (non-hydrogen) atoms. The van der Waals surface area contributed by atoms with E-state index in [0.717, 1.165) is 31.1 Å². The van der Waals surface area contributed by atoms with Crippen molar-refractivity contribution in [1.82, 2.24) is 0 Å². The Morgan fingerprint density at radius 2 is 2.00 bits per heavy atom. The topological polar surface area (TPSA) is 35.2 Å². The fraction of sp³-hybridized carbons (Fsp3) is 1.00. The molecule has 0 unspecified atom stereocenters. The van der Waals surface area contributed by atoms with Crippen molar-refractivity contribution in [3.8, 4) is 0 Å². The standard InChI is InChI=1S/C9H21NOS/c1-4-5-11-6-7-12-8-9(2,3)10/h4-8,10H2,1-3H3. The van der Waals surface area contributed by atoms with Crippen LogP contribution in [0.1, 0.15) is 27.2 Å². The molecule has 0 aromatic heterocycles. The molecule has 0 aromatic rings. The highest BCUT2D eigenvalue weighted by molar-refractivity contribution is 7.99. The first kappa shape index (κ1) is 12.3. The second-order valence-corrected chi connectivity index (χ2v) is 4.76. The SMILES string of the molecule is CCCOCCSCC(C)(C)N. The maximum absolute atomic E-state index is 5.81. The van der Waals surface area contributed by atoms with Gasteiger partial charge in [0, 0.05) is 23.7 Å². The molecule has 2 N–H and O–H groups in total. The Hall–Kier alpha value is 0.270. The third-order valence-corrected chi connectivity index (χ3v) is 2.60. The van der Waals surface area contributed by atoms with Gasteiger partial charge < -0.3 is 10.5 Å². The first-order valence-corrected chi connectivity index (χ1v) is 5.66. The van der Waals surface area contributed by atoms with Crippen LogP contribution >= 0.6 is 11.8 Å². The quantitative estimate of drug-likeness (QED) is 0.624. The Morgan fingerprint density at radius 1 is 1.33 bits per heavy atom. The molecule has 0 radical (unpaired) electrons. The molecule has 0 aromatic carbocycles. The molecule has 0 saturated heterocycles. The number of thioether (sulfide) groups is 1. The molecule has 0 bridgehead atoms. The summed E-state index contributed by atoms with van der Waals surface area (Å²) in [5.74, 6) is 2.06. The summed E-state index contributed by atoms with van der Waals surface area (Å²) < 4.78 is 5.34. The fourth-order valence-corrected chi connectivity index (χ4v) is 1.61. The predicted octanol–water partition coefficient (Wildman–Crippen LogP) is 1.88. The minimum Gasteiger partial charge on any atom is -0.381 e. The van der Waals surface area contributed by atoms with Gasteiger partial charge in [0.25, 0.3) is 0 Å². The van der Waals surface area contributed by atoms with Crippen molar-refractivity contribution in [2.24, 2.45) is 5.73 Å². The van der Waals surface area contributed by atoms with Gasteiger partial charge in [-0.05, 0) is 20.3 Å². The lowest BCUT2D eigenvalue weighted by Gasteiger charge is -2.17. The highest BCUT2D eigenvalue weighted by Gasteiger charge is 2.09. The Bertz CT molecular complexity index is 101. The van der Waals surface area contributed by atoms with Crippen LogP contribution in [-0.4, -0.2) is 30.3 Å². The van der Waals surface area contributed by atoms with E-state index in [1.807, 2.05) is 25.6 Å². The van der Waals surface area contributed by atoms with Gasteiger partial charge in [0.2, 0.25) is 0 Å². The monoisotopic (exact) mass is 191 g/mol. The molecule has 0 heterocycles. The maximum Gasteiger partial charge on any atom is 0.0556 e. The Labute approximate surface area is 80.2 Å². The summed E-state index contributed by atoms with van der Waals surface area (Å²) in [7, 11) is 0. The molecule has 2 nitrogen and oxygen atoms in total. The van der Waals surface area contributed by atoms with E-state index in [9.17, 15) is 0 Å². The summed E-state index contributed by atoms with van der Waals surface area (Å²) in [4.78, 5) is 0. The van der Waals surface area contributed by atoms with Crippen molar-refractivity contribution in [3.05, 3.63) is 0 Å². The van der Waals surface area contributed by atoms with Gasteiger partial charge in [-0.1, -0.05) is 6.92 Å². The van der Waals surface area contributed by atoms with Gasteiger partial charge in [-0.15, -0.1) is 0 Å². The van der Waals surface area contributed by atoms with E-state index < -0.39 is 0 Å². The van der Waals surface area contributed by atoms with Crippen LogP contribution < -0.4 is 5.73 Å². The number of nitrogens with two attached hydrogens (primary N) is 1. The van der Waals surface area contributed by atoms with E-state index in [1.165, 1.54) is 0 Å². The highest BCUT2D eigenvalue weighted by atomic mass is 32.2. The number of ether oxygens (including phenoxy) is 1. The molecular weight excluding hydrogens is 170 g/mol. The Kier molecular flexibility index (Phi) is 6.90. The van der Waals surface area contributed by atoms with Crippen LogP contribution in [0.4, 0.5) is 0 Å². The molecule has 0 fully saturated rings. The molecule has 0 aliphatic carbocycles. The van der Waals surface area contributed by atoms with Gasteiger partial charge in [0.1, 0.15) is 0 Å². The van der Waals surface area contributed by atoms with Crippen molar-refractivity contribution in [3.63, 3.8) is 0 Å². The molecule has 0 spiro atoms. The zero-order chi connectivity index (χ0) is 9.45. The van der Waals surface area contributed by atoms with Crippen LogP contribution in [0.2, 0.25) is 0 Å². The van der Waals surface area contributed by atoms with Crippen LogP contribution in [0.25, 0.3) is 0 Å². The van der Waals surface area contributed by atoms with Gasteiger partial charge in [-0.25, -0.2) is 0 Å². The van der Waals surface area contributed by atoms with Gasteiger partial charge in [-0.2, -0.15) is 11.8 Å². The van der Waals surface area contributed by atoms with Crippen LogP contribution in [0, 0.1) is 0 Å². The lowest BCUT2D eigenvalue weighted by Crippen LogP contribution is -2.34. The van der Waals surface area contributed by atoms with Gasteiger partial charge >= 0.3 is 0 Å². The van der Waals surface area contributed by atoms with Crippen molar-refractivity contribution < 1.29 is 4.74 Å². The summed E-state index contributed by atoms with van der Waals surface area (Å²) in [6.45, 7) is 7.96. The van der Waals surface area contributed by atoms with Gasteiger partial charge in [-0.3, -0.25) is 0 Å². The largest absolute Gasteiger partial charge is 0.381 e. The number of hydrogen-bond donors (Lipinski definition) is 1. The molecule has 0 rings (SSSR count). The Morgan fingerprint density at radius 3 is 2.50 bits per heavy atom. The highest BCUT2D eigenvalue weighted by Crippen LogP contribution is 2.08. The second-order valence-electron chi connectivity index (χ2n) is 3.65. The third kappa shape index (κ3) is 10.3. The lowest BCUT2D eigenvalue weighted by atomic mass is 10.1. The second kappa shape index (κ2) is 6.75. The normalized spacial score (nSPS) is 12.0. The molecular formula is C9H21NOS. The van der Waals surface area contributed by atoms with Crippen LogP contribution in [-0.2, 0) is 4.74 Å². The van der Waals surface area contributed by atoms with E-state index in [1.54, 1.807) is 0 Å². The van der Waals surface area contributed by atoms with Crippen molar-refractivity contribution in [2.45, 2.75) is 32.7 Å². The predicted molar refractivity (Wildman–Crippen MR) is 56.7 cm³/mol. The van der Waals surface area contributed by atoms with E-state index in [0.29, 0.717) is 0 Å². The molecule has 3 heteroatoms. The molecule has 74 valence electrons. The average molecular weight is 191 g/mol. The van der Waals surface area contributed by atoms with Crippen molar-refractivity contribution in [2.75, 3.05) is 24.7 Å². The summed E-state index contributed by atoms with van der Waals surface area (Å²) in [5, 5.41) is 0. The maximum atomic E-state index is 5.81. The first-order chi connectivity index (χ1) is 5.56. The fourth-order valence-electron chi connectivity index (χ4n) is 0.699. The van der Waals surface area contributed by atoms with E-state index in [4.69, 9.17) is 10.5 Å². The van der Waals surface area contributed by atoms with Gasteiger partial charge in [0.05, 0.1) is 6.61 Å². The summed E-state index contributed by atoms with van der Waals surface area (Å²) in [5.41, 5.74) is 5.77. The van der Waals surface area contributed by atoms with E-state index in [2.05, 4.69) is 6.92 Å².